The maximum Gasteiger partial charge on any atom is 0.290 e. The third-order valence-corrected chi connectivity index (χ3v) is 6.34. The molecule has 0 radical (unpaired) electrons. The van der Waals surface area contributed by atoms with Crippen molar-refractivity contribution in [1.29, 1.82) is 0 Å². The molecule has 2 aliphatic heterocycles. The van der Waals surface area contributed by atoms with Crippen molar-refractivity contribution < 1.29 is 23.8 Å². The number of amides is 1. The van der Waals surface area contributed by atoms with E-state index in [2.05, 4.69) is 0 Å². The van der Waals surface area contributed by atoms with Gasteiger partial charge in [-0.25, -0.2) is 0 Å². The molecule has 3 aliphatic rings. The fraction of sp³-hybridized carbons (Fsp3) is 0.600. The Morgan fingerprint density at radius 1 is 1.19 bits per heavy atom. The lowest BCUT2D eigenvalue weighted by Crippen LogP contribution is -2.39. The number of carbonyl (C=O) groups is 2. The topological polar surface area (TPSA) is 65.1 Å². The Balaban J connectivity index is 1.67. The number of hydrogen-bond acceptors (Lipinski definition) is 5. The van der Waals surface area contributed by atoms with Gasteiger partial charge >= 0.3 is 0 Å². The minimum absolute atomic E-state index is 0.0899. The van der Waals surface area contributed by atoms with Gasteiger partial charge in [-0.05, 0) is 64.2 Å². The van der Waals surface area contributed by atoms with Crippen molar-refractivity contribution in [2.24, 2.45) is 5.92 Å². The third-order valence-electron chi connectivity index (χ3n) is 6.34. The lowest BCUT2D eigenvalue weighted by Gasteiger charge is -2.35. The van der Waals surface area contributed by atoms with Crippen LogP contribution in [0.2, 0.25) is 0 Å². The van der Waals surface area contributed by atoms with Crippen molar-refractivity contribution in [3.05, 3.63) is 41.2 Å². The molecule has 3 atom stereocenters. The van der Waals surface area contributed by atoms with Gasteiger partial charge in [0, 0.05) is 13.2 Å². The van der Waals surface area contributed by atoms with Crippen molar-refractivity contribution in [3.63, 3.8) is 0 Å². The monoisotopic (exact) mass is 427 g/mol. The molecule has 0 saturated heterocycles. The molecular weight excluding hydrogens is 394 g/mol. The number of Topliss-reactive ketones (excluding diaryl/α,β-unsaturated/α-hetero) is 1. The molecule has 31 heavy (non-hydrogen) atoms. The Kier molecular flexibility index (Phi) is 6.65. The average Bonchev–Trinajstić information content (AvgIpc) is 3.04. The first kappa shape index (κ1) is 21.9. The van der Waals surface area contributed by atoms with Crippen molar-refractivity contribution >= 4 is 11.7 Å². The predicted molar refractivity (Wildman–Crippen MR) is 117 cm³/mol. The first-order valence-corrected chi connectivity index (χ1v) is 11.6. The SMILES string of the molecule is CCOc1cccc(C2C3=C(OC4CCCCC4C3=O)C(=O)N2CCCOC(C)C)c1. The lowest BCUT2D eigenvalue weighted by molar-refractivity contribution is -0.135. The smallest absolute Gasteiger partial charge is 0.290 e. The second-order valence-electron chi connectivity index (χ2n) is 8.83. The van der Waals surface area contributed by atoms with E-state index >= 15 is 0 Å². The van der Waals surface area contributed by atoms with E-state index in [1.807, 2.05) is 45.0 Å². The van der Waals surface area contributed by atoms with Crippen molar-refractivity contribution in [1.82, 2.24) is 4.90 Å². The normalized spacial score (nSPS) is 25.5. The number of ether oxygens (including phenoxy) is 3. The molecule has 1 aromatic rings. The Labute approximate surface area is 184 Å². The van der Waals surface area contributed by atoms with E-state index in [9.17, 15) is 9.59 Å². The molecule has 4 rings (SSSR count). The highest BCUT2D eigenvalue weighted by atomic mass is 16.5. The molecule has 2 heterocycles. The van der Waals surface area contributed by atoms with Gasteiger partial charge in [0.15, 0.2) is 11.5 Å². The van der Waals surface area contributed by atoms with Gasteiger partial charge in [0.05, 0.1) is 30.2 Å². The molecule has 0 aromatic heterocycles. The van der Waals surface area contributed by atoms with Gasteiger partial charge in [-0.3, -0.25) is 9.59 Å². The highest BCUT2D eigenvalue weighted by molar-refractivity contribution is 6.11. The van der Waals surface area contributed by atoms with Crippen molar-refractivity contribution in [2.45, 2.75) is 71.1 Å². The van der Waals surface area contributed by atoms with Crippen LogP contribution in [0.25, 0.3) is 0 Å². The van der Waals surface area contributed by atoms with Crippen LogP contribution in [0.3, 0.4) is 0 Å². The van der Waals surface area contributed by atoms with Gasteiger partial charge in [0.2, 0.25) is 0 Å². The summed E-state index contributed by atoms with van der Waals surface area (Å²) >= 11 is 0. The Hall–Kier alpha value is -2.34. The molecular formula is C25H33NO5. The number of fused-ring (bicyclic) bond motifs is 1. The lowest BCUT2D eigenvalue weighted by atomic mass is 9.77. The summed E-state index contributed by atoms with van der Waals surface area (Å²) in [4.78, 5) is 28.8. The zero-order valence-corrected chi connectivity index (χ0v) is 18.8. The van der Waals surface area contributed by atoms with Crippen molar-refractivity contribution in [2.75, 3.05) is 19.8 Å². The molecule has 168 valence electrons. The van der Waals surface area contributed by atoms with Crippen molar-refractivity contribution in [3.8, 4) is 5.75 Å². The second-order valence-corrected chi connectivity index (χ2v) is 8.83. The molecule has 1 saturated carbocycles. The Morgan fingerprint density at radius 3 is 2.77 bits per heavy atom. The number of carbonyl (C=O) groups excluding carboxylic acids is 2. The molecule has 0 N–H and O–H groups in total. The maximum absolute atomic E-state index is 13.6. The van der Waals surface area contributed by atoms with Crippen LogP contribution in [-0.4, -0.2) is 48.6 Å². The van der Waals surface area contributed by atoms with Crippen LogP contribution in [0.1, 0.15) is 64.5 Å². The van der Waals surface area contributed by atoms with Crippen LogP contribution in [0.15, 0.2) is 35.6 Å². The molecule has 1 fully saturated rings. The fourth-order valence-corrected chi connectivity index (χ4v) is 4.96. The summed E-state index contributed by atoms with van der Waals surface area (Å²) in [6.45, 7) is 7.57. The van der Waals surface area contributed by atoms with Crippen LogP contribution >= 0.6 is 0 Å². The van der Waals surface area contributed by atoms with E-state index in [1.165, 1.54) is 0 Å². The van der Waals surface area contributed by atoms with Gasteiger partial charge in [-0.15, -0.1) is 0 Å². The van der Waals surface area contributed by atoms with Crippen LogP contribution < -0.4 is 4.74 Å². The van der Waals surface area contributed by atoms with E-state index in [4.69, 9.17) is 14.2 Å². The Morgan fingerprint density at radius 2 is 2.00 bits per heavy atom. The number of ketones is 1. The van der Waals surface area contributed by atoms with Gasteiger partial charge in [-0.2, -0.15) is 0 Å². The molecule has 6 heteroatoms. The zero-order chi connectivity index (χ0) is 22.0. The quantitative estimate of drug-likeness (QED) is 0.582. The molecule has 0 bridgehead atoms. The number of hydrogen-bond donors (Lipinski definition) is 0. The first-order chi connectivity index (χ1) is 15.0. The van der Waals surface area contributed by atoms with Crippen LogP contribution in [0, 0.1) is 5.92 Å². The van der Waals surface area contributed by atoms with E-state index < -0.39 is 6.04 Å². The Bertz CT molecular complexity index is 861. The third kappa shape index (κ3) is 4.36. The minimum atomic E-state index is -0.433. The minimum Gasteiger partial charge on any atom is -0.494 e. The summed E-state index contributed by atoms with van der Waals surface area (Å²) < 4.78 is 17.6. The summed E-state index contributed by atoms with van der Waals surface area (Å²) in [6, 6.07) is 7.29. The molecule has 1 aliphatic carbocycles. The van der Waals surface area contributed by atoms with Crippen LogP contribution in [0.4, 0.5) is 0 Å². The van der Waals surface area contributed by atoms with Crippen LogP contribution in [-0.2, 0) is 19.1 Å². The first-order valence-electron chi connectivity index (χ1n) is 11.6. The zero-order valence-electron chi connectivity index (χ0n) is 18.8. The van der Waals surface area contributed by atoms with Gasteiger partial charge in [0.1, 0.15) is 11.9 Å². The molecule has 6 nitrogen and oxygen atoms in total. The fourth-order valence-electron chi connectivity index (χ4n) is 4.96. The summed E-state index contributed by atoms with van der Waals surface area (Å²) in [5.41, 5.74) is 1.42. The number of benzene rings is 1. The van der Waals surface area contributed by atoms with E-state index in [0.29, 0.717) is 31.8 Å². The van der Waals surface area contributed by atoms with E-state index in [0.717, 1.165) is 37.0 Å². The molecule has 3 unspecified atom stereocenters. The summed E-state index contributed by atoms with van der Waals surface area (Å²) in [7, 11) is 0. The van der Waals surface area contributed by atoms with Gasteiger partial charge < -0.3 is 19.1 Å². The standard InChI is InChI=1S/C25H33NO5/c1-4-29-18-10-7-9-17(15-18)22-21-23(27)19-11-5-6-12-20(19)31-24(21)25(28)26(22)13-8-14-30-16(2)3/h7,9-10,15-16,19-20,22H,4-6,8,11-14H2,1-3H3. The molecule has 1 aromatic carbocycles. The van der Waals surface area contributed by atoms with Gasteiger partial charge in [0.25, 0.3) is 5.91 Å². The summed E-state index contributed by atoms with van der Waals surface area (Å²) in [6.07, 6.45) is 4.44. The predicted octanol–water partition coefficient (Wildman–Crippen LogP) is 4.20. The number of rotatable bonds is 8. The largest absolute Gasteiger partial charge is 0.494 e. The highest BCUT2D eigenvalue weighted by Crippen LogP contribution is 2.47. The maximum atomic E-state index is 13.6. The average molecular weight is 428 g/mol. The highest BCUT2D eigenvalue weighted by Gasteiger charge is 2.51. The summed E-state index contributed by atoms with van der Waals surface area (Å²) in [5.74, 6) is 0.784. The molecule has 1 amide bonds. The summed E-state index contributed by atoms with van der Waals surface area (Å²) in [5, 5.41) is 0. The number of nitrogens with zero attached hydrogens (tertiary/aromatic N) is 1. The van der Waals surface area contributed by atoms with Crippen LogP contribution in [0.5, 0.6) is 5.75 Å². The van der Waals surface area contributed by atoms with E-state index in [1.54, 1.807) is 4.90 Å². The second kappa shape index (κ2) is 9.43. The van der Waals surface area contributed by atoms with Gasteiger partial charge in [-0.1, -0.05) is 18.6 Å². The molecule has 0 spiro atoms. The van der Waals surface area contributed by atoms with E-state index in [-0.39, 0.29) is 35.6 Å².